The number of ketones is 1. The van der Waals surface area contributed by atoms with Gasteiger partial charge in [-0.2, -0.15) is 0 Å². The minimum absolute atomic E-state index is 0.0658. The Labute approximate surface area is 150 Å². The molecular weight excluding hydrogens is 326 g/mol. The highest BCUT2D eigenvalue weighted by molar-refractivity contribution is 6.05. The Morgan fingerprint density at radius 2 is 1.77 bits per heavy atom. The fourth-order valence-corrected chi connectivity index (χ4v) is 3.75. The summed E-state index contributed by atoms with van der Waals surface area (Å²) in [5.74, 6) is 0.790. The van der Waals surface area contributed by atoms with E-state index in [1.165, 1.54) is 0 Å². The van der Waals surface area contributed by atoms with Crippen LogP contribution < -0.4 is 10.2 Å². The standard InChI is InChI=1S/C20H17N5O/c26-19-14-5-1-2-7-17(14)24-18-12-25(11-15(18)19)20-22-9-13(10-23-20)16-6-3-4-8-21-16/h1-10,15,18,24H,11-12H2. The first kappa shape index (κ1) is 15.0. The summed E-state index contributed by atoms with van der Waals surface area (Å²) in [6, 6.07) is 13.6. The molecule has 1 fully saturated rings. The second-order valence-electron chi connectivity index (χ2n) is 6.66. The molecule has 2 aliphatic heterocycles. The van der Waals surface area contributed by atoms with Crippen molar-refractivity contribution in [3.63, 3.8) is 0 Å². The third-order valence-electron chi connectivity index (χ3n) is 5.07. The Morgan fingerprint density at radius 1 is 0.962 bits per heavy atom. The summed E-state index contributed by atoms with van der Waals surface area (Å²) in [5, 5.41) is 3.50. The maximum Gasteiger partial charge on any atom is 0.225 e. The fourth-order valence-electron chi connectivity index (χ4n) is 3.75. The van der Waals surface area contributed by atoms with Gasteiger partial charge < -0.3 is 10.2 Å². The smallest absolute Gasteiger partial charge is 0.225 e. The Kier molecular flexibility index (Phi) is 3.41. The largest absolute Gasteiger partial charge is 0.379 e. The number of rotatable bonds is 2. The van der Waals surface area contributed by atoms with Crippen molar-refractivity contribution in [2.75, 3.05) is 23.3 Å². The summed E-state index contributed by atoms with van der Waals surface area (Å²) in [5.41, 5.74) is 3.43. The number of benzene rings is 1. The van der Waals surface area contributed by atoms with Crippen LogP contribution in [0.5, 0.6) is 0 Å². The molecule has 1 N–H and O–H groups in total. The van der Waals surface area contributed by atoms with Crippen molar-refractivity contribution in [1.29, 1.82) is 0 Å². The van der Waals surface area contributed by atoms with Gasteiger partial charge in [-0.05, 0) is 24.3 Å². The van der Waals surface area contributed by atoms with Crippen LogP contribution in [0.25, 0.3) is 11.3 Å². The molecular formula is C20H17N5O. The van der Waals surface area contributed by atoms with Crippen molar-refractivity contribution in [3.05, 3.63) is 66.6 Å². The molecule has 0 aliphatic carbocycles. The molecule has 26 heavy (non-hydrogen) atoms. The van der Waals surface area contributed by atoms with Gasteiger partial charge in [-0.3, -0.25) is 9.78 Å². The van der Waals surface area contributed by atoms with Crippen LogP contribution in [0.4, 0.5) is 11.6 Å². The van der Waals surface area contributed by atoms with Crippen LogP contribution >= 0.6 is 0 Å². The number of hydrogen-bond donors (Lipinski definition) is 1. The van der Waals surface area contributed by atoms with E-state index in [0.717, 1.165) is 22.5 Å². The van der Waals surface area contributed by atoms with E-state index in [-0.39, 0.29) is 17.7 Å². The molecule has 6 nitrogen and oxygen atoms in total. The first-order valence-electron chi connectivity index (χ1n) is 8.68. The van der Waals surface area contributed by atoms with Crippen LogP contribution in [-0.2, 0) is 0 Å². The molecule has 2 atom stereocenters. The van der Waals surface area contributed by atoms with Crippen LogP contribution in [0.15, 0.2) is 61.1 Å². The number of fused-ring (bicyclic) bond motifs is 2. The molecule has 3 aromatic rings. The first-order chi connectivity index (χ1) is 12.8. The van der Waals surface area contributed by atoms with Gasteiger partial charge in [0.05, 0.1) is 17.7 Å². The summed E-state index contributed by atoms with van der Waals surface area (Å²) < 4.78 is 0. The summed E-state index contributed by atoms with van der Waals surface area (Å²) in [6.07, 6.45) is 5.33. The Hall–Kier alpha value is -3.28. The lowest BCUT2D eigenvalue weighted by molar-refractivity contribution is 0.0920. The van der Waals surface area contributed by atoms with Crippen molar-refractivity contribution in [1.82, 2.24) is 15.0 Å². The maximum atomic E-state index is 12.8. The maximum absolute atomic E-state index is 12.8. The van der Waals surface area contributed by atoms with Crippen LogP contribution in [-0.4, -0.2) is 39.9 Å². The highest BCUT2D eigenvalue weighted by Crippen LogP contribution is 2.33. The SMILES string of the molecule is O=C1c2ccccc2NC2CN(c3ncc(-c4ccccn4)cn3)CC12. The topological polar surface area (TPSA) is 71.0 Å². The number of pyridine rings is 1. The number of anilines is 2. The molecule has 4 heterocycles. The molecule has 0 saturated carbocycles. The monoisotopic (exact) mass is 343 g/mol. The van der Waals surface area contributed by atoms with Crippen molar-refractivity contribution in [2.45, 2.75) is 6.04 Å². The van der Waals surface area contributed by atoms with Gasteiger partial charge in [0, 0.05) is 48.5 Å². The first-order valence-corrected chi connectivity index (χ1v) is 8.68. The second kappa shape index (κ2) is 5.91. The van der Waals surface area contributed by atoms with Gasteiger partial charge in [0.25, 0.3) is 0 Å². The molecule has 1 saturated heterocycles. The molecule has 5 rings (SSSR count). The molecule has 0 spiro atoms. The third kappa shape index (κ3) is 2.42. The van der Waals surface area contributed by atoms with E-state index in [1.807, 2.05) is 42.5 Å². The molecule has 2 unspecified atom stereocenters. The van der Waals surface area contributed by atoms with E-state index >= 15 is 0 Å². The van der Waals surface area contributed by atoms with Gasteiger partial charge in [-0.15, -0.1) is 0 Å². The van der Waals surface area contributed by atoms with Crippen LogP contribution in [0.1, 0.15) is 10.4 Å². The lowest BCUT2D eigenvalue weighted by Crippen LogP contribution is -2.38. The average Bonchev–Trinajstić information content (AvgIpc) is 3.13. The lowest BCUT2D eigenvalue weighted by atomic mass is 9.88. The zero-order valence-corrected chi connectivity index (χ0v) is 14.0. The summed E-state index contributed by atoms with van der Waals surface area (Å²) in [6.45, 7) is 1.35. The molecule has 2 aliphatic rings. The quantitative estimate of drug-likeness (QED) is 0.771. The van der Waals surface area contributed by atoms with E-state index < -0.39 is 0 Å². The molecule has 2 aromatic heterocycles. The highest BCUT2D eigenvalue weighted by Gasteiger charge is 2.42. The van der Waals surface area contributed by atoms with Gasteiger partial charge >= 0.3 is 0 Å². The van der Waals surface area contributed by atoms with Crippen LogP contribution in [0.2, 0.25) is 0 Å². The summed E-state index contributed by atoms with van der Waals surface area (Å²) >= 11 is 0. The number of carbonyl (C=O) groups is 1. The van der Waals surface area contributed by atoms with E-state index in [2.05, 4.69) is 25.2 Å². The fraction of sp³-hybridized carbons (Fsp3) is 0.200. The molecule has 1 aromatic carbocycles. The summed E-state index contributed by atoms with van der Waals surface area (Å²) in [7, 11) is 0. The van der Waals surface area contributed by atoms with Crippen molar-refractivity contribution >= 4 is 17.4 Å². The Balaban J connectivity index is 1.38. The molecule has 128 valence electrons. The van der Waals surface area contributed by atoms with Crippen molar-refractivity contribution < 1.29 is 4.79 Å². The van der Waals surface area contributed by atoms with E-state index in [1.54, 1.807) is 18.6 Å². The van der Waals surface area contributed by atoms with Gasteiger partial charge in [0.2, 0.25) is 5.95 Å². The normalized spacial score (nSPS) is 21.1. The molecule has 0 amide bonds. The molecule has 0 radical (unpaired) electrons. The van der Waals surface area contributed by atoms with Crippen molar-refractivity contribution in [3.8, 4) is 11.3 Å². The van der Waals surface area contributed by atoms with Gasteiger partial charge in [0.1, 0.15) is 0 Å². The minimum Gasteiger partial charge on any atom is -0.379 e. The van der Waals surface area contributed by atoms with E-state index in [9.17, 15) is 4.79 Å². The lowest BCUT2D eigenvalue weighted by Gasteiger charge is -2.27. The number of hydrogen-bond acceptors (Lipinski definition) is 6. The zero-order chi connectivity index (χ0) is 17.5. The Morgan fingerprint density at radius 3 is 2.58 bits per heavy atom. The van der Waals surface area contributed by atoms with Gasteiger partial charge in [0.15, 0.2) is 5.78 Å². The predicted octanol–water partition coefficient (Wildman–Crippen LogP) is 2.65. The number of nitrogens with zero attached hydrogens (tertiary/aromatic N) is 4. The number of Topliss-reactive ketones (excluding diaryl/α,β-unsaturated/α-hetero) is 1. The van der Waals surface area contributed by atoms with Crippen molar-refractivity contribution in [2.24, 2.45) is 5.92 Å². The van der Waals surface area contributed by atoms with E-state index in [0.29, 0.717) is 19.0 Å². The van der Waals surface area contributed by atoms with Gasteiger partial charge in [-0.1, -0.05) is 18.2 Å². The molecule has 0 bridgehead atoms. The third-order valence-corrected chi connectivity index (χ3v) is 5.07. The highest BCUT2D eigenvalue weighted by atomic mass is 16.1. The summed E-state index contributed by atoms with van der Waals surface area (Å²) in [4.78, 5) is 28.2. The average molecular weight is 343 g/mol. The number of carbonyl (C=O) groups excluding carboxylic acids is 1. The minimum atomic E-state index is -0.0658. The number of aromatic nitrogens is 3. The van der Waals surface area contributed by atoms with Gasteiger partial charge in [-0.25, -0.2) is 9.97 Å². The van der Waals surface area contributed by atoms with Crippen LogP contribution in [0.3, 0.4) is 0 Å². The number of para-hydroxylation sites is 1. The Bertz CT molecular complexity index is 957. The predicted molar refractivity (Wildman–Crippen MR) is 99.1 cm³/mol. The van der Waals surface area contributed by atoms with E-state index in [4.69, 9.17) is 0 Å². The van der Waals surface area contributed by atoms with Crippen LogP contribution in [0, 0.1) is 5.92 Å². The molecule has 6 heteroatoms. The second-order valence-corrected chi connectivity index (χ2v) is 6.66. The zero-order valence-electron chi connectivity index (χ0n) is 14.0. The number of nitrogens with one attached hydrogen (secondary N) is 1.